The van der Waals surface area contributed by atoms with Gasteiger partial charge < -0.3 is 4.74 Å². The van der Waals surface area contributed by atoms with Crippen molar-refractivity contribution >= 4 is 5.90 Å². The highest BCUT2D eigenvalue weighted by Gasteiger charge is 2.16. The quantitative estimate of drug-likeness (QED) is 0.613. The molecule has 2 nitrogen and oxygen atoms in total. The van der Waals surface area contributed by atoms with Crippen molar-refractivity contribution in [1.82, 2.24) is 0 Å². The molecule has 1 atom stereocenters. The minimum Gasteiger partial charge on any atom is -0.481 e. The molecule has 1 heterocycles. The fraction of sp³-hybridized carbons (Fsp3) is 0.889. The molecule has 0 bridgehead atoms. The molecule has 0 aliphatic carbocycles. The topological polar surface area (TPSA) is 21.6 Å². The van der Waals surface area contributed by atoms with Gasteiger partial charge in [0.05, 0.1) is 12.6 Å². The van der Waals surface area contributed by atoms with Gasteiger partial charge in [0.25, 0.3) is 0 Å². The van der Waals surface area contributed by atoms with Crippen LogP contribution in [0.2, 0.25) is 0 Å². The summed E-state index contributed by atoms with van der Waals surface area (Å²) in [5, 5.41) is 0. The molecule has 0 radical (unpaired) electrons. The van der Waals surface area contributed by atoms with E-state index in [4.69, 9.17) is 4.74 Å². The molecule has 0 spiro atoms. The van der Waals surface area contributed by atoms with Crippen molar-refractivity contribution in [3.05, 3.63) is 0 Å². The van der Waals surface area contributed by atoms with Gasteiger partial charge in [-0.3, -0.25) is 4.99 Å². The average molecular weight is 155 g/mol. The van der Waals surface area contributed by atoms with E-state index < -0.39 is 0 Å². The van der Waals surface area contributed by atoms with Gasteiger partial charge in [-0.05, 0) is 19.8 Å². The van der Waals surface area contributed by atoms with Gasteiger partial charge in [-0.2, -0.15) is 0 Å². The van der Waals surface area contributed by atoms with Crippen molar-refractivity contribution in [2.24, 2.45) is 4.99 Å². The number of hydrogen-bond donors (Lipinski definition) is 0. The van der Waals surface area contributed by atoms with Crippen molar-refractivity contribution in [2.75, 3.05) is 6.61 Å². The molecule has 1 aliphatic rings. The van der Waals surface area contributed by atoms with Crippen molar-refractivity contribution in [3.63, 3.8) is 0 Å². The molecule has 1 unspecified atom stereocenters. The van der Waals surface area contributed by atoms with Crippen LogP contribution in [0.4, 0.5) is 0 Å². The summed E-state index contributed by atoms with van der Waals surface area (Å²) < 4.78 is 5.33. The molecule has 0 aromatic heterocycles. The molecule has 0 N–H and O–H groups in total. The van der Waals surface area contributed by atoms with E-state index in [0.717, 1.165) is 18.9 Å². The van der Waals surface area contributed by atoms with Gasteiger partial charge in [-0.15, -0.1) is 0 Å². The number of rotatable bonds is 3. The third kappa shape index (κ3) is 2.52. The van der Waals surface area contributed by atoms with Crippen LogP contribution >= 0.6 is 0 Å². The Morgan fingerprint density at radius 1 is 1.55 bits per heavy atom. The Bertz CT molecular complexity index is 142. The highest BCUT2D eigenvalue weighted by molar-refractivity contribution is 5.77. The van der Waals surface area contributed by atoms with Gasteiger partial charge >= 0.3 is 0 Å². The summed E-state index contributed by atoms with van der Waals surface area (Å²) in [4.78, 5) is 4.46. The first-order valence-electron chi connectivity index (χ1n) is 4.56. The number of aliphatic imine (C=N–C) groups is 1. The fourth-order valence-electron chi connectivity index (χ4n) is 1.44. The summed E-state index contributed by atoms with van der Waals surface area (Å²) in [6.07, 6.45) is 4.70. The minimum atomic E-state index is 0.557. The first kappa shape index (κ1) is 8.57. The summed E-state index contributed by atoms with van der Waals surface area (Å²) in [6.45, 7) is 4.97. The van der Waals surface area contributed by atoms with Crippen LogP contribution in [0.25, 0.3) is 0 Å². The van der Waals surface area contributed by atoms with Gasteiger partial charge in [0.1, 0.15) is 0 Å². The van der Waals surface area contributed by atoms with Crippen LogP contribution in [0.3, 0.4) is 0 Å². The van der Waals surface area contributed by atoms with E-state index >= 15 is 0 Å². The lowest BCUT2D eigenvalue weighted by atomic mass is 10.1. The van der Waals surface area contributed by atoms with Crippen LogP contribution in [0.5, 0.6) is 0 Å². The molecule has 2 heteroatoms. The predicted molar refractivity (Wildman–Crippen MR) is 47.0 cm³/mol. The molecule has 64 valence electrons. The Kier molecular flexibility index (Phi) is 3.40. The highest BCUT2D eigenvalue weighted by Crippen LogP contribution is 2.17. The zero-order valence-corrected chi connectivity index (χ0v) is 7.47. The molecule has 0 saturated carbocycles. The van der Waals surface area contributed by atoms with Crippen LogP contribution in [-0.2, 0) is 4.74 Å². The smallest absolute Gasteiger partial charge is 0.183 e. The van der Waals surface area contributed by atoms with E-state index in [1.807, 2.05) is 6.92 Å². The molecule has 11 heavy (non-hydrogen) atoms. The molecule has 0 aromatic rings. The second-order valence-corrected chi connectivity index (χ2v) is 2.94. The Balaban J connectivity index is 2.28. The normalized spacial score (nSPS) is 23.5. The summed E-state index contributed by atoms with van der Waals surface area (Å²) in [6, 6.07) is 0.557. The third-order valence-corrected chi connectivity index (χ3v) is 1.95. The van der Waals surface area contributed by atoms with Crippen molar-refractivity contribution in [2.45, 2.75) is 45.6 Å². The number of ether oxygens (including phenoxy) is 1. The van der Waals surface area contributed by atoms with Gasteiger partial charge in [-0.1, -0.05) is 13.3 Å². The van der Waals surface area contributed by atoms with Gasteiger partial charge in [0.15, 0.2) is 5.90 Å². The maximum absolute atomic E-state index is 5.33. The lowest BCUT2D eigenvalue weighted by Crippen LogP contribution is -1.99. The lowest BCUT2D eigenvalue weighted by molar-refractivity contribution is 0.321. The van der Waals surface area contributed by atoms with E-state index in [1.165, 1.54) is 19.3 Å². The van der Waals surface area contributed by atoms with E-state index in [-0.39, 0.29) is 0 Å². The van der Waals surface area contributed by atoms with E-state index in [2.05, 4.69) is 11.9 Å². The Hall–Kier alpha value is -0.530. The number of nitrogens with zero attached hydrogens (tertiary/aromatic N) is 1. The standard InChI is InChI=1S/C9H17NO/c1-3-5-8-6-7-9(10-8)11-4-2/h8H,3-7H2,1-2H3. The summed E-state index contributed by atoms with van der Waals surface area (Å²) >= 11 is 0. The summed E-state index contributed by atoms with van der Waals surface area (Å²) in [5.41, 5.74) is 0. The van der Waals surface area contributed by atoms with Crippen molar-refractivity contribution in [1.29, 1.82) is 0 Å². The molecule has 1 rings (SSSR count). The summed E-state index contributed by atoms with van der Waals surface area (Å²) in [5.74, 6) is 0.978. The van der Waals surface area contributed by atoms with E-state index in [0.29, 0.717) is 6.04 Å². The lowest BCUT2D eigenvalue weighted by Gasteiger charge is -2.01. The molecular weight excluding hydrogens is 138 g/mol. The zero-order chi connectivity index (χ0) is 8.10. The maximum Gasteiger partial charge on any atom is 0.183 e. The molecule has 0 saturated heterocycles. The first-order chi connectivity index (χ1) is 5.36. The van der Waals surface area contributed by atoms with Crippen molar-refractivity contribution in [3.8, 4) is 0 Å². The fourth-order valence-corrected chi connectivity index (χ4v) is 1.44. The van der Waals surface area contributed by atoms with Crippen LogP contribution < -0.4 is 0 Å². The van der Waals surface area contributed by atoms with E-state index in [9.17, 15) is 0 Å². The Morgan fingerprint density at radius 2 is 2.36 bits per heavy atom. The van der Waals surface area contributed by atoms with Gasteiger partial charge in [-0.25, -0.2) is 0 Å². The largest absolute Gasteiger partial charge is 0.481 e. The van der Waals surface area contributed by atoms with Gasteiger partial charge in [0, 0.05) is 6.42 Å². The monoisotopic (exact) mass is 155 g/mol. The predicted octanol–water partition coefficient (Wildman–Crippen LogP) is 2.38. The first-order valence-corrected chi connectivity index (χ1v) is 4.56. The average Bonchev–Trinajstić information content (AvgIpc) is 2.38. The molecule has 0 aromatic carbocycles. The maximum atomic E-state index is 5.33. The Labute approximate surface area is 68.7 Å². The second-order valence-electron chi connectivity index (χ2n) is 2.94. The number of hydrogen-bond acceptors (Lipinski definition) is 2. The van der Waals surface area contributed by atoms with Gasteiger partial charge in [0.2, 0.25) is 0 Å². The van der Waals surface area contributed by atoms with Crippen LogP contribution in [0.1, 0.15) is 39.5 Å². The summed E-state index contributed by atoms with van der Waals surface area (Å²) in [7, 11) is 0. The molecule has 1 aliphatic heterocycles. The minimum absolute atomic E-state index is 0.557. The Morgan fingerprint density at radius 3 is 3.00 bits per heavy atom. The molecule has 0 amide bonds. The van der Waals surface area contributed by atoms with Crippen LogP contribution in [0, 0.1) is 0 Å². The third-order valence-electron chi connectivity index (χ3n) is 1.95. The van der Waals surface area contributed by atoms with Crippen LogP contribution in [-0.4, -0.2) is 18.5 Å². The van der Waals surface area contributed by atoms with Crippen LogP contribution in [0.15, 0.2) is 4.99 Å². The van der Waals surface area contributed by atoms with E-state index in [1.54, 1.807) is 0 Å². The second kappa shape index (κ2) is 4.37. The SMILES string of the molecule is CCCC1CCC(OCC)=N1. The van der Waals surface area contributed by atoms with Crippen molar-refractivity contribution < 1.29 is 4.74 Å². The molecule has 0 fully saturated rings. The highest BCUT2D eigenvalue weighted by atomic mass is 16.5. The molecular formula is C9H17NO. The zero-order valence-electron chi connectivity index (χ0n) is 7.47.